The van der Waals surface area contributed by atoms with Crippen molar-refractivity contribution < 1.29 is 9.47 Å². The lowest BCUT2D eigenvalue weighted by Gasteiger charge is -2.08. The summed E-state index contributed by atoms with van der Waals surface area (Å²) in [5.41, 5.74) is 0. The van der Waals surface area contributed by atoms with Crippen LogP contribution in [-0.4, -0.2) is 13.2 Å². The van der Waals surface area contributed by atoms with Gasteiger partial charge in [0.2, 0.25) is 4.21 Å². The molecule has 0 bridgehead atoms. The maximum Gasteiger partial charge on any atom is 0.220 e. The van der Waals surface area contributed by atoms with Crippen LogP contribution in [0.25, 0.3) is 0 Å². The van der Waals surface area contributed by atoms with Gasteiger partial charge in [0, 0.05) is 6.07 Å². The van der Waals surface area contributed by atoms with Gasteiger partial charge in [-0.25, -0.2) is 0 Å². The fourth-order valence-corrected chi connectivity index (χ4v) is 5.77. The molecule has 2 nitrogen and oxygen atoms in total. The first-order valence-corrected chi connectivity index (χ1v) is 10.2. The Bertz CT molecular complexity index is 685. The molecule has 0 aliphatic rings. The van der Waals surface area contributed by atoms with Gasteiger partial charge in [-0.1, -0.05) is 11.3 Å². The van der Waals surface area contributed by atoms with Crippen molar-refractivity contribution in [1.82, 2.24) is 0 Å². The molecule has 1 aromatic heterocycles. The topological polar surface area (TPSA) is 18.5 Å². The van der Waals surface area contributed by atoms with E-state index in [-0.39, 0.29) is 10.9 Å². The van der Waals surface area contributed by atoms with Crippen molar-refractivity contribution >= 4 is 22.2 Å². The summed E-state index contributed by atoms with van der Waals surface area (Å²) in [7, 11) is -0.101. The van der Waals surface area contributed by atoms with E-state index >= 15 is 0 Å². The number of hydrogen-bond acceptors (Lipinski definition) is 3. The van der Waals surface area contributed by atoms with Gasteiger partial charge in [0.1, 0.15) is 22.4 Å². The van der Waals surface area contributed by atoms with Crippen LogP contribution in [0.4, 0.5) is 0 Å². The second kappa shape index (κ2) is 8.27. The van der Waals surface area contributed by atoms with Crippen LogP contribution < -0.4 is 9.47 Å². The summed E-state index contributed by atoms with van der Waals surface area (Å²) in [5.74, 6) is 1.84. The van der Waals surface area contributed by atoms with Gasteiger partial charge in [-0.2, -0.15) is 0 Å². The molecular weight excluding hydrogens is 336 g/mol. The van der Waals surface area contributed by atoms with Crippen molar-refractivity contribution in [2.45, 2.75) is 27.8 Å². The van der Waals surface area contributed by atoms with Crippen LogP contribution in [0.3, 0.4) is 0 Å². The highest BCUT2D eigenvalue weighted by Crippen LogP contribution is 2.35. The molecule has 4 heteroatoms. The van der Waals surface area contributed by atoms with Gasteiger partial charge in [-0.05, 0) is 73.8 Å². The Morgan fingerprint density at radius 3 is 1.62 bits per heavy atom. The van der Waals surface area contributed by atoms with Gasteiger partial charge < -0.3 is 9.47 Å². The number of rotatable bonds is 7. The summed E-state index contributed by atoms with van der Waals surface area (Å²) in [6.45, 7) is 5.39. The van der Waals surface area contributed by atoms with E-state index in [4.69, 9.17) is 9.47 Å². The Kier molecular flexibility index (Phi) is 5.83. The SMILES string of the molecule is CCOc1ccc([S+](c2ccc(OCC)cc2)c2cccs2)cc1. The molecule has 124 valence electrons. The number of hydrogen-bond donors (Lipinski definition) is 0. The molecule has 0 unspecified atom stereocenters. The Hall–Kier alpha value is -1.91. The second-order valence-electron chi connectivity index (χ2n) is 5.05. The molecule has 0 fully saturated rings. The lowest BCUT2D eigenvalue weighted by atomic mass is 10.3. The van der Waals surface area contributed by atoms with Gasteiger partial charge in [-0.3, -0.25) is 0 Å². The third kappa shape index (κ3) is 3.94. The van der Waals surface area contributed by atoms with E-state index in [0.29, 0.717) is 13.2 Å². The average Bonchev–Trinajstić information content (AvgIpc) is 3.13. The summed E-state index contributed by atoms with van der Waals surface area (Å²) in [6.07, 6.45) is 0. The smallest absolute Gasteiger partial charge is 0.220 e. The van der Waals surface area contributed by atoms with E-state index in [9.17, 15) is 0 Å². The van der Waals surface area contributed by atoms with E-state index in [1.165, 1.54) is 14.0 Å². The summed E-state index contributed by atoms with van der Waals surface area (Å²) in [5, 5.41) is 2.14. The maximum atomic E-state index is 5.57. The van der Waals surface area contributed by atoms with Gasteiger partial charge in [0.05, 0.1) is 13.2 Å². The van der Waals surface area contributed by atoms with Gasteiger partial charge in [0.15, 0.2) is 9.79 Å². The molecular formula is C20H21O2S2+. The van der Waals surface area contributed by atoms with Gasteiger partial charge in [0.25, 0.3) is 0 Å². The van der Waals surface area contributed by atoms with Crippen molar-refractivity contribution in [2.24, 2.45) is 0 Å². The van der Waals surface area contributed by atoms with Crippen molar-refractivity contribution in [3.05, 3.63) is 66.0 Å². The van der Waals surface area contributed by atoms with Crippen LogP contribution in [0.2, 0.25) is 0 Å². The van der Waals surface area contributed by atoms with Crippen LogP contribution >= 0.6 is 11.3 Å². The van der Waals surface area contributed by atoms with Gasteiger partial charge >= 0.3 is 0 Å². The van der Waals surface area contributed by atoms with Crippen molar-refractivity contribution in [3.63, 3.8) is 0 Å². The Balaban J connectivity index is 1.94. The van der Waals surface area contributed by atoms with Crippen LogP contribution in [0.1, 0.15) is 13.8 Å². The second-order valence-corrected chi connectivity index (χ2v) is 8.25. The summed E-state index contributed by atoms with van der Waals surface area (Å²) in [4.78, 5) is 2.59. The predicted molar refractivity (Wildman–Crippen MR) is 102 cm³/mol. The van der Waals surface area contributed by atoms with E-state index < -0.39 is 0 Å². The normalized spacial score (nSPS) is 10.8. The monoisotopic (exact) mass is 357 g/mol. The molecule has 0 N–H and O–H groups in total. The predicted octanol–water partition coefficient (Wildman–Crippen LogP) is 5.64. The molecule has 2 aromatic carbocycles. The van der Waals surface area contributed by atoms with E-state index in [2.05, 4.69) is 66.0 Å². The molecule has 0 radical (unpaired) electrons. The van der Waals surface area contributed by atoms with Crippen molar-refractivity contribution in [2.75, 3.05) is 13.2 Å². The first-order valence-electron chi connectivity index (χ1n) is 8.05. The highest BCUT2D eigenvalue weighted by Gasteiger charge is 2.29. The number of thiophene rings is 1. The zero-order valence-corrected chi connectivity index (χ0v) is 15.5. The molecule has 0 aliphatic carbocycles. The van der Waals surface area contributed by atoms with Crippen LogP contribution in [0.5, 0.6) is 11.5 Å². The standard InChI is InChI=1S/C20H21O2S2/c1-3-21-16-7-11-18(12-8-16)24(20-6-5-15-23-20)19-13-9-17(10-14-19)22-4-2/h5-15H,3-4H2,1-2H3/q+1. The molecule has 0 amide bonds. The summed E-state index contributed by atoms with van der Waals surface area (Å²) in [6, 6.07) is 21.2. The molecule has 3 aromatic rings. The van der Waals surface area contributed by atoms with Crippen LogP contribution in [0, 0.1) is 0 Å². The molecule has 0 saturated heterocycles. The number of ether oxygens (including phenoxy) is 2. The average molecular weight is 358 g/mol. The first-order chi connectivity index (χ1) is 11.8. The first kappa shape index (κ1) is 16.9. The zero-order valence-electron chi connectivity index (χ0n) is 13.9. The third-order valence-corrected chi connectivity index (χ3v) is 6.91. The fraction of sp³-hybridized carbons (Fsp3) is 0.200. The molecule has 3 rings (SSSR count). The third-order valence-electron chi connectivity index (χ3n) is 3.44. The highest BCUT2D eigenvalue weighted by atomic mass is 32.2. The minimum absolute atomic E-state index is 0.101. The van der Waals surface area contributed by atoms with Gasteiger partial charge in [-0.15, -0.1) is 0 Å². The van der Waals surface area contributed by atoms with Crippen molar-refractivity contribution in [3.8, 4) is 11.5 Å². The molecule has 0 aliphatic heterocycles. The Labute approximate surface area is 150 Å². The van der Waals surface area contributed by atoms with Crippen LogP contribution in [-0.2, 0) is 10.9 Å². The van der Waals surface area contributed by atoms with E-state index in [1.54, 1.807) is 11.3 Å². The van der Waals surface area contributed by atoms with Crippen LogP contribution in [0.15, 0.2) is 80.0 Å². The lowest BCUT2D eigenvalue weighted by molar-refractivity contribution is 0.340. The molecule has 0 saturated carbocycles. The molecule has 0 spiro atoms. The lowest BCUT2D eigenvalue weighted by Crippen LogP contribution is -2.03. The Morgan fingerprint density at radius 2 is 1.25 bits per heavy atom. The largest absolute Gasteiger partial charge is 0.494 e. The van der Waals surface area contributed by atoms with Crippen molar-refractivity contribution in [1.29, 1.82) is 0 Å². The molecule has 1 heterocycles. The molecule has 0 atom stereocenters. The maximum absolute atomic E-state index is 5.57. The Morgan fingerprint density at radius 1 is 0.750 bits per heavy atom. The number of benzene rings is 2. The minimum Gasteiger partial charge on any atom is -0.494 e. The quantitative estimate of drug-likeness (QED) is 0.509. The molecule has 24 heavy (non-hydrogen) atoms. The van der Waals surface area contributed by atoms with E-state index in [0.717, 1.165) is 11.5 Å². The fourth-order valence-electron chi connectivity index (χ4n) is 2.43. The zero-order chi connectivity index (χ0) is 16.8. The highest BCUT2D eigenvalue weighted by molar-refractivity contribution is 7.98. The minimum atomic E-state index is -0.101. The summed E-state index contributed by atoms with van der Waals surface area (Å²) >= 11 is 1.80. The summed E-state index contributed by atoms with van der Waals surface area (Å²) < 4.78 is 12.5. The van der Waals surface area contributed by atoms with E-state index in [1.807, 2.05) is 13.8 Å².